The second-order valence-electron chi connectivity index (χ2n) is 3.05. The van der Waals surface area contributed by atoms with Gasteiger partial charge in [-0.2, -0.15) is 0 Å². The number of halogens is 1. The number of hydrogen-bond donors (Lipinski definition) is 0. The second-order valence-corrected chi connectivity index (χ2v) is 5.55. The van der Waals surface area contributed by atoms with E-state index < -0.39 is 7.50 Å². The zero-order valence-electron chi connectivity index (χ0n) is 7.62. The van der Waals surface area contributed by atoms with Gasteiger partial charge < -0.3 is 9.26 Å². The fraction of sp³-hybridized carbons (Fsp3) is 1.00. The summed E-state index contributed by atoms with van der Waals surface area (Å²) < 4.78 is 10.6. The van der Waals surface area contributed by atoms with Crippen molar-refractivity contribution in [3.63, 3.8) is 0 Å². The molecule has 0 spiro atoms. The summed E-state index contributed by atoms with van der Waals surface area (Å²) in [4.78, 5) is 0. The lowest BCUT2D eigenvalue weighted by molar-refractivity contribution is 0.0916. The van der Waals surface area contributed by atoms with Gasteiger partial charge >= 0.3 is 0 Å². The zero-order chi connectivity index (χ0) is 8.97. The molecular formula is C8H16ClO2P. The number of hydrogen-bond acceptors (Lipinski definition) is 2. The summed E-state index contributed by atoms with van der Waals surface area (Å²) in [5.41, 5.74) is 0. The first-order chi connectivity index (χ1) is 5.77. The van der Waals surface area contributed by atoms with Gasteiger partial charge in [-0.25, -0.2) is 0 Å². The largest absolute Gasteiger partial charge is 0.378 e. The Kier molecular flexibility index (Phi) is 4.81. The van der Waals surface area contributed by atoms with Crippen LogP contribution in [0.3, 0.4) is 0 Å². The summed E-state index contributed by atoms with van der Waals surface area (Å²) in [6, 6.07) is 0. The lowest BCUT2D eigenvalue weighted by Gasteiger charge is -2.18. The van der Waals surface area contributed by atoms with Crippen molar-refractivity contribution in [1.29, 1.82) is 0 Å². The highest BCUT2D eigenvalue weighted by Crippen LogP contribution is 2.46. The summed E-state index contributed by atoms with van der Waals surface area (Å²) in [5.74, 6) is 0.624. The van der Waals surface area contributed by atoms with E-state index in [0.717, 1.165) is 25.6 Å². The highest BCUT2D eigenvalue weighted by molar-refractivity contribution is 7.80. The molecule has 0 aromatic rings. The van der Waals surface area contributed by atoms with Gasteiger partial charge in [0.25, 0.3) is 0 Å². The average molecular weight is 211 g/mol. The van der Waals surface area contributed by atoms with E-state index in [2.05, 4.69) is 6.92 Å². The molecule has 0 N–H and O–H groups in total. The molecular weight excluding hydrogens is 195 g/mol. The van der Waals surface area contributed by atoms with Gasteiger partial charge in [0.1, 0.15) is 7.50 Å². The summed E-state index contributed by atoms with van der Waals surface area (Å²) in [5, 5.41) is 0. The molecule has 1 saturated heterocycles. The van der Waals surface area contributed by atoms with Crippen LogP contribution in [-0.4, -0.2) is 26.0 Å². The molecule has 1 aliphatic rings. The van der Waals surface area contributed by atoms with Crippen LogP contribution in [0.1, 0.15) is 19.8 Å². The van der Waals surface area contributed by atoms with Gasteiger partial charge in [0.05, 0.1) is 6.10 Å². The second kappa shape index (κ2) is 5.39. The maximum atomic E-state index is 5.95. The fourth-order valence-corrected chi connectivity index (χ4v) is 3.08. The lowest BCUT2D eigenvalue weighted by Crippen LogP contribution is -2.17. The van der Waals surface area contributed by atoms with E-state index in [0.29, 0.717) is 12.0 Å². The van der Waals surface area contributed by atoms with Crippen LogP contribution in [-0.2, 0) is 9.26 Å². The Bertz CT molecular complexity index is 134. The maximum absolute atomic E-state index is 5.95. The first kappa shape index (κ1) is 10.7. The van der Waals surface area contributed by atoms with Crippen LogP contribution in [0.2, 0.25) is 0 Å². The quantitative estimate of drug-likeness (QED) is 0.665. The molecule has 0 amide bonds. The first-order valence-electron chi connectivity index (χ1n) is 4.37. The Hall–Kier alpha value is 0.640. The molecule has 0 saturated carbocycles. The monoisotopic (exact) mass is 210 g/mol. The van der Waals surface area contributed by atoms with Crippen LogP contribution in [0, 0.1) is 5.92 Å². The van der Waals surface area contributed by atoms with Crippen molar-refractivity contribution >= 4 is 18.7 Å². The molecule has 72 valence electrons. The third-order valence-electron chi connectivity index (χ3n) is 2.32. The molecule has 0 aromatic carbocycles. The Labute approximate surface area is 80.2 Å². The van der Waals surface area contributed by atoms with E-state index in [9.17, 15) is 0 Å². The molecule has 12 heavy (non-hydrogen) atoms. The third-order valence-corrected chi connectivity index (χ3v) is 4.31. The Morgan fingerprint density at radius 1 is 1.67 bits per heavy atom. The lowest BCUT2D eigenvalue weighted by atomic mass is 10.0. The van der Waals surface area contributed by atoms with Gasteiger partial charge in [0, 0.05) is 19.9 Å². The predicted molar refractivity (Wildman–Crippen MR) is 52.8 cm³/mol. The minimum Gasteiger partial charge on any atom is -0.378 e. The summed E-state index contributed by atoms with van der Waals surface area (Å²) in [6.45, 7) is 3.05. The highest BCUT2D eigenvalue weighted by Gasteiger charge is 2.28. The van der Waals surface area contributed by atoms with Gasteiger partial charge in [-0.1, -0.05) is 18.2 Å². The van der Waals surface area contributed by atoms with Crippen LogP contribution in [0.15, 0.2) is 0 Å². The van der Waals surface area contributed by atoms with Crippen molar-refractivity contribution in [2.24, 2.45) is 5.92 Å². The maximum Gasteiger partial charge on any atom is 0.124 e. The van der Waals surface area contributed by atoms with E-state index in [-0.39, 0.29) is 0 Å². The molecule has 0 radical (unpaired) electrons. The highest BCUT2D eigenvalue weighted by atomic mass is 35.7. The molecule has 1 aliphatic heterocycles. The molecule has 0 bridgehead atoms. The van der Waals surface area contributed by atoms with Crippen molar-refractivity contribution in [2.75, 3.05) is 19.9 Å². The van der Waals surface area contributed by atoms with E-state index in [1.54, 1.807) is 7.11 Å². The first-order valence-corrected chi connectivity index (χ1v) is 6.72. The molecule has 1 fully saturated rings. The van der Waals surface area contributed by atoms with Crippen molar-refractivity contribution in [3.05, 3.63) is 0 Å². The minimum absolute atomic E-state index is 0.420. The van der Waals surface area contributed by atoms with Gasteiger partial charge in [-0.15, -0.1) is 0 Å². The van der Waals surface area contributed by atoms with Gasteiger partial charge in [0.2, 0.25) is 0 Å². The van der Waals surface area contributed by atoms with E-state index in [4.69, 9.17) is 20.5 Å². The van der Waals surface area contributed by atoms with Crippen LogP contribution >= 0.6 is 18.7 Å². The predicted octanol–water partition coefficient (Wildman–Crippen LogP) is 3.00. The molecule has 1 rings (SSSR count). The van der Waals surface area contributed by atoms with Crippen molar-refractivity contribution < 1.29 is 9.26 Å². The van der Waals surface area contributed by atoms with E-state index in [1.165, 1.54) is 0 Å². The molecule has 3 atom stereocenters. The van der Waals surface area contributed by atoms with Gasteiger partial charge in [-0.3, -0.25) is 0 Å². The van der Waals surface area contributed by atoms with Crippen LogP contribution < -0.4 is 0 Å². The summed E-state index contributed by atoms with van der Waals surface area (Å²) >= 11 is 5.95. The number of rotatable bonds is 4. The molecule has 3 unspecified atom stereocenters. The minimum atomic E-state index is -0.729. The Morgan fingerprint density at radius 3 is 3.00 bits per heavy atom. The Morgan fingerprint density at radius 2 is 2.42 bits per heavy atom. The SMILES string of the molecule is CCC1OCCC1CP(Cl)OC. The number of ether oxygens (including phenoxy) is 1. The smallest absolute Gasteiger partial charge is 0.124 e. The molecule has 2 nitrogen and oxygen atoms in total. The summed E-state index contributed by atoms with van der Waals surface area (Å²) in [7, 11) is 0.947. The van der Waals surface area contributed by atoms with E-state index >= 15 is 0 Å². The zero-order valence-corrected chi connectivity index (χ0v) is 9.28. The van der Waals surface area contributed by atoms with Crippen molar-refractivity contribution in [2.45, 2.75) is 25.9 Å². The van der Waals surface area contributed by atoms with Crippen LogP contribution in [0.25, 0.3) is 0 Å². The van der Waals surface area contributed by atoms with Gasteiger partial charge in [0.15, 0.2) is 0 Å². The van der Waals surface area contributed by atoms with E-state index in [1.807, 2.05) is 0 Å². The Balaban J connectivity index is 2.30. The molecule has 4 heteroatoms. The summed E-state index contributed by atoms with van der Waals surface area (Å²) in [6.07, 6.45) is 3.64. The molecule has 0 aliphatic carbocycles. The molecule has 1 heterocycles. The fourth-order valence-electron chi connectivity index (χ4n) is 1.61. The standard InChI is InChI=1S/C8H16ClO2P/c1-3-8-7(4-5-11-8)6-12(9)10-2/h7-8H,3-6H2,1-2H3. The van der Waals surface area contributed by atoms with Crippen molar-refractivity contribution in [3.8, 4) is 0 Å². The van der Waals surface area contributed by atoms with Gasteiger partial charge in [-0.05, 0) is 18.8 Å². The normalized spacial score (nSPS) is 32.2. The van der Waals surface area contributed by atoms with Crippen LogP contribution in [0.5, 0.6) is 0 Å². The third kappa shape index (κ3) is 2.85. The topological polar surface area (TPSA) is 18.5 Å². The van der Waals surface area contributed by atoms with Crippen LogP contribution in [0.4, 0.5) is 0 Å². The van der Waals surface area contributed by atoms with Crippen molar-refractivity contribution in [1.82, 2.24) is 0 Å². The molecule has 0 aromatic heterocycles. The average Bonchev–Trinajstić information content (AvgIpc) is 2.51.